The van der Waals surface area contributed by atoms with E-state index >= 15 is 0 Å². The molecule has 2 saturated heterocycles. The SMILES string of the molecule is CC(=O)O.O=C(N1C[C@H]2C[C@@H](C1)[C@H](Cc1ccccc1)n1c2cccc1=O)C1(CO)CNC1. The summed E-state index contributed by atoms with van der Waals surface area (Å²) in [5.74, 6) is -0.379. The van der Waals surface area contributed by atoms with Crippen molar-refractivity contribution in [3.63, 3.8) is 0 Å². The molecule has 2 bridgehead atoms. The predicted molar refractivity (Wildman–Crippen MR) is 123 cm³/mol. The minimum absolute atomic E-state index is 0.0394. The van der Waals surface area contributed by atoms with Crippen LogP contribution in [0.5, 0.6) is 0 Å². The lowest BCUT2D eigenvalue weighted by Gasteiger charge is -2.50. The van der Waals surface area contributed by atoms with Crippen molar-refractivity contribution in [1.29, 1.82) is 0 Å². The van der Waals surface area contributed by atoms with Crippen LogP contribution >= 0.6 is 0 Å². The van der Waals surface area contributed by atoms with Gasteiger partial charge in [-0.2, -0.15) is 0 Å². The van der Waals surface area contributed by atoms with Gasteiger partial charge in [0.05, 0.1) is 12.0 Å². The first kappa shape index (κ1) is 23.2. The van der Waals surface area contributed by atoms with Crippen molar-refractivity contribution in [2.75, 3.05) is 32.8 Å². The highest BCUT2D eigenvalue weighted by atomic mass is 16.4. The van der Waals surface area contributed by atoms with E-state index < -0.39 is 11.4 Å². The molecular formula is C25H31N3O5. The number of rotatable bonds is 4. The number of likely N-dealkylation sites (tertiary alicyclic amines) is 1. The standard InChI is InChI=1S/C23H27N3O3.C2H4O2/c27-15-23(13-24-14-23)22(29)25-11-17-10-18(12-25)20(9-16-5-2-1-3-6-16)26-19(17)7-4-8-21(26)28;1-2(3)4/h1-8,17-18,20,24,27H,9-15H2;1H3,(H,3,4)/t17-,18+,20+;/m1./s1. The topological polar surface area (TPSA) is 112 Å². The summed E-state index contributed by atoms with van der Waals surface area (Å²) in [5, 5.41) is 20.4. The van der Waals surface area contributed by atoms with E-state index in [4.69, 9.17) is 9.90 Å². The number of hydrogen-bond acceptors (Lipinski definition) is 5. The number of aliphatic carboxylic acids is 1. The van der Waals surface area contributed by atoms with E-state index in [1.54, 1.807) is 6.07 Å². The van der Waals surface area contributed by atoms with Gasteiger partial charge in [0.2, 0.25) is 5.91 Å². The van der Waals surface area contributed by atoms with Crippen molar-refractivity contribution in [2.24, 2.45) is 11.3 Å². The largest absolute Gasteiger partial charge is 0.481 e. The lowest BCUT2D eigenvalue weighted by Crippen LogP contribution is -2.65. The number of aromatic nitrogens is 1. The molecule has 0 spiro atoms. The van der Waals surface area contributed by atoms with E-state index in [1.807, 2.05) is 39.8 Å². The molecule has 2 aromatic rings. The van der Waals surface area contributed by atoms with E-state index in [0.29, 0.717) is 26.2 Å². The van der Waals surface area contributed by atoms with Gasteiger partial charge in [-0.3, -0.25) is 14.4 Å². The van der Waals surface area contributed by atoms with Crippen LogP contribution in [-0.4, -0.2) is 64.3 Å². The van der Waals surface area contributed by atoms with E-state index in [2.05, 4.69) is 17.4 Å². The normalized spacial score (nSPS) is 24.5. The van der Waals surface area contributed by atoms with Gasteiger partial charge in [0.15, 0.2) is 0 Å². The number of nitrogens with one attached hydrogen (secondary N) is 1. The number of benzene rings is 1. The Balaban J connectivity index is 0.000000601. The summed E-state index contributed by atoms with van der Waals surface area (Å²) in [6, 6.07) is 15.8. The minimum atomic E-state index is -0.833. The summed E-state index contributed by atoms with van der Waals surface area (Å²) in [4.78, 5) is 37.0. The molecule has 2 fully saturated rings. The third-order valence-electron chi connectivity index (χ3n) is 7.06. The molecule has 0 unspecified atom stereocenters. The van der Waals surface area contributed by atoms with Gasteiger partial charge < -0.3 is 25.0 Å². The quantitative estimate of drug-likeness (QED) is 0.643. The maximum absolute atomic E-state index is 13.3. The van der Waals surface area contributed by atoms with Crippen molar-refractivity contribution >= 4 is 11.9 Å². The molecular weight excluding hydrogens is 422 g/mol. The van der Waals surface area contributed by atoms with Crippen LogP contribution in [0.3, 0.4) is 0 Å². The molecule has 8 nitrogen and oxygen atoms in total. The fraction of sp³-hybridized carbons (Fsp3) is 0.480. The lowest BCUT2D eigenvalue weighted by atomic mass is 9.74. The number of fused-ring (bicyclic) bond motifs is 4. The molecule has 3 aliphatic rings. The van der Waals surface area contributed by atoms with Crippen molar-refractivity contribution in [2.45, 2.75) is 31.7 Å². The van der Waals surface area contributed by atoms with Gasteiger partial charge in [-0.15, -0.1) is 0 Å². The Bertz CT molecular complexity index is 1050. The Kier molecular flexibility index (Phi) is 6.67. The number of carbonyl (C=O) groups excluding carboxylic acids is 1. The molecule has 5 rings (SSSR count). The number of carboxylic acid groups (broad SMARTS) is 1. The van der Waals surface area contributed by atoms with Crippen LogP contribution in [0.4, 0.5) is 0 Å². The zero-order valence-corrected chi connectivity index (χ0v) is 18.8. The minimum Gasteiger partial charge on any atom is -0.481 e. The van der Waals surface area contributed by atoms with Crippen LogP contribution in [0.2, 0.25) is 0 Å². The summed E-state index contributed by atoms with van der Waals surface area (Å²) in [5.41, 5.74) is 1.62. The highest BCUT2D eigenvalue weighted by molar-refractivity contribution is 5.84. The summed E-state index contributed by atoms with van der Waals surface area (Å²) < 4.78 is 1.99. The summed E-state index contributed by atoms with van der Waals surface area (Å²) in [6.07, 6.45) is 1.78. The first-order chi connectivity index (χ1) is 15.8. The van der Waals surface area contributed by atoms with E-state index in [1.165, 1.54) is 5.56 Å². The van der Waals surface area contributed by atoms with Gasteiger partial charge >= 0.3 is 0 Å². The number of carboxylic acids is 1. The molecule has 3 atom stereocenters. The van der Waals surface area contributed by atoms with Crippen LogP contribution < -0.4 is 10.9 Å². The predicted octanol–water partition coefficient (Wildman–Crippen LogP) is 1.25. The molecule has 176 valence electrons. The Morgan fingerprint density at radius 2 is 1.79 bits per heavy atom. The number of nitrogens with zero attached hydrogens (tertiary/aromatic N) is 2. The molecule has 1 amide bonds. The summed E-state index contributed by atoms with van der Waals surface area (Å²) in [6.45, 7) is 3.32. The number of aliphatic hydroxyl groups excluding tert-OH is 1. The third kappa shape index (κ3) is 4.58. The molecule has 3 N–H and O–H groups in total. The van der Waals surface area contributed by atoms with Gasteiger partial charge in [0, 0.05) is 56.8 Å². The highest BCUT2D eigenvalue weighted by Gasteiger charge is 2.49. The molecule has 33 heavy (non-hydrogen) atoms. The van der Waals surface area contributed by atoms with E-state index in [-0.39, 0.29) is 36.0 Å². The zero-order chi connectivity index (χ0) is 23.6. The van der Waals surface area contributed by atoms with Gasteiger partial charge in [-0.25, -0.2) is 0 Å². The van der Waals surface area contributed by atoms with Crippen LogP contribution in [0.15, 0.2) is 53.3 Å². The Morgan fingerprint density at radius 1 is 1.09 bits per heavy atom. The zero-order valence-electron chi connectivity index (χ0n) is 18.8. The Hall–Kier alpha value is -2.97. The lowest BCUT2D eigenvalue weighted by molar-refractivity contribution is -0.151. The molecule has 3 aliphatic heterocycles. The van der Waals surface area contributed by atoms with E-state index in [0.717, 1.165) is 25.5 Å². The van der Waals surface area contributed by atoms with Crippen molar-refractivity contribution in [1.82, 2.24) is 14.8 Å². The van der Waals surface area contributed by atoms with E-state index in [9.17, 15) is 14.7 Å². The van der Waals surface area contributed by atoms with Crippen molar-refractivity contribution < 1.29 is 19.8 Å². The number of pyridine rings is 1. The molecule has 1 aromatic heterocycles. The number of aliphatic hydroxyl groups is 1. The number of carbonyl (C=O) groups is 2. The second-order valence-electron chi connectivity index (χ2n) is 9.38. The summed E-state index contributed by atoms with van der Waals surface area (Å²) >= 11 is 0. The maximum Gasteiger partial charge on any atom is 0.300 e. The highest BCUT2D eigenvalue weighted by Crippen LogP contribution is 2.43. The summed E-state index contributed by atoms with van der Waals surface area (Å²) in [7, 11) is 0. The first-order valence-corrected chi connectivity index (χ1v) is 11.4. The smallest absolute Gasteiger partial charge is 0.300 e. The maximum atomic E-state index is 13.3. The molecule has 0 aliphatic carbocycles. The van der Waals surface area contributed by atoms with Crippen molar-refractivity contribution in [3.05, 3.63) is 70.1 Å². The Morgan fingerprint density at radius 3 is 2.39 bits per heavy atom. The van der Waals surface area contributed by atoms with Crippen LogP contribution in [0.1, 0.15) is 36.6 Å². The molecule has 0 radical (unpaired) electrons. The molecule has 1 aromatic carbocycles. The van der Waals surface area contributed by atoms with Crippen LogP contribution in [0.25, 0.3) is 0 Å². The molecule has 4 heterocycles. The van der Waals surface area contributed by atoms with Gasteiger partial charge in [0.25, 0.3) is 11.5 Å². The number of piperidine rings is 1. The average Bonchev–Trinajstić information content (AvgIpc) is 2.76. The first-order valence-electron chi connectivity index (χ1n) is 11.4. The van der Waals surface area contributed by atoms with Crippen LogP contribution in [0, 0.1) is 11.3 Å². The number of amides is 1. The second kappa shape index (κ2) is 9.49. The van der Waals surface area contributed by atoms with Gasteiger partial charge in [0.1, 0.15) is 0 Å². The van der Waals surface area contributed by atoms with Gasteiger partial charge in [-0.1, -0.05) is 36.4 Å². The fourth-order valence-electron chi connectivity index (χ4n) is 5.42. The number of hydrogen-bond donors (Lipinski definition) is 3. The molecule has 0 saturated carbocycles. The van der Waals surface area contributed by atoms with Crippen molar-refractivity contribution in [3.8, 4) is 0 Å². The Labute approximate surface area is 192 Å². The monoisotopic (exact) mass is 453 g/mol. The fourth-order valence-corrected chi connectivity index (χ4v) is 5.42. The third-order valence-corrected chi connectivity index (χ3v) is 7.06. The van der Waals surface area contributed by atoms with Gasteiger partial charge in [-0.05, 0) is 30.4 Å². The molecule has 8 heteroatoms. The average molecular weight is 454 g/mol. The van der Waals surface area contributed by atoms with Crippen LogP contribution in [-0.2, 0) is 16.0 Å². The second-order valence-corrected chi connectivity index (χ2v) is 9.38.